The molecule has 2 rings (SSSR count). The third-order valence-electron chi connectivity index (χ3n) is 3.06. The number of aryl methyl sites for hydroxylation is 1. The van der Waals surface area contributed by atoms with Gasteiger partial charge in [-0.05, 0) is 42.3 Å². The Kier molecular flexibility index (Phi) is 5.65. The van der Waals surface area contributed by atoms with E-state index in [9.17, 15) is 4.39 Å². The van der Waals surface area contributed by atoms with Gasteiger partial charge >= 0.3 is 0 Å². The predicted molar refractivity (Wildman–Crippen MR) is 88.8 cm³/mol. The second kappa shape index (κ2) is 7.27. The zero-order valence-electron chi connectivity index (χ0n) is 11.8. The zero-order valence-corrected chi connectivity index (χ0v) is 14.9. The van der Waals surface area contributed by atoms with E-state index >= 15 is 0 Å². The maximum Gasteiger partial charge on any atom is 0.165 e. The Labute approximate surface area is 140 Å². The summed E-state index contributed by atoms with van der Waals surface area (Å²) >= 11 is 6.93. The monoisotopic (exact) mass is 416 g/mol. The molecule has 2 aromatic rings. The fourth-order valence-corrected chi connectivity index (χ4v) is 3.10. The number of benzene rings is 2. The van der Waals surface area contributed by atoms with Crippen molar-refractivity contribution in [2.45, 2.75) is 18.9 Å². The number of methoxy groups -OCH3 is 1. The van der Waals surface area contributed by atoms with E-state index in [1.807, 2.05) is 19.1 Å². The number of hydrogen-bond acceptors (Lipinski definition) is 2. The maximum absolute atomic E-state index is 13.7. The van der Waals surface area contributed by atoms with E-state index in [0.29, 0.717) is 11.9 Å². The molecule has 0 aliphatic rings. The molecule has 0 N–H and O–H groups in total. The minimum absolute atomic E-state index is 0.236. The van der Waals surface area contributed by atoms with Gasteiger partial charge in [-0.2, -0.15) is 0 Å². The third-order valence-corrected chi connectivity index (χ3v) is 4.12. The van der Waals surface area contributed by atoms with Crippen LogP contribution in [0.3, 0.4) is 0 Å². The summed E-state index contributed by atoms with van der Waals surface area (Å²) in [5, 5.41) is 0.694. The smallest absolute Gasteiger partial charge is 0.165 e. The molecule has 0 heterocycles. The van der Waals surface area contributed by atoms with Crippen molar-refractivity contribution in [2.75, 3.05) is 7.11 Å². The highest BCUT2D eigenvalue weighted by atomic mass is 79.9. The normalized spacial score (nSPS) is 10.5. The summed E-state index contributed by atoms with van der Waals surface area (Å²) in [5.41, 5.74) is 2.85. The first kappa shape index (κ1) is 16.3. The lowest BCUT2D eigenvalue weighted by Crippen LogP contribution is -2.01. The van der Waals surface area contributed by atoms with Gasteiger partial charge in [-0.25, -0.2) is 4.39 Å². The van der Waals surface area contributed by atoms with E-state index in [-0.39, 0.29) is 11.6 Å². The van der Waals surface area contributed by atoms with E-state index in [1.165, 1.54) is 13.2 Å². The van der Waals surface area contributed by atoms with Crippen molar-refractivity contribution in [2.24, 2.45) is 0 Å². The molecule has 0 radical (unpaired) electrons. The molecule has 0 aliphatic heterocycles. The molecule has 0 atom stereocenters. The number of halogens is 3. The van der Waals surface area contributed by atoms with Crippen LogP contribution in [-0.4, -0.2) is 7.11 Å². The quantitative estimate of drug-likeness (QED) is 0.608. The Hall–Kier alpha value is -1.07. The van der Waals surface area contributed by atoms with E-state index in [2.05, 4.69) is 31.9 Å². The van der Waals surface area contributed by atoms with Gasteiger partial charge in [0.15, 0.2) is 11.6 Å². The van der Waals surface area contributed by atoms with Crippen LogP contribution < -0.4 is 9.47 Å². The van der Waals surface area contributed by atoms with Gasteiger partial charge in [0.05, 0.1) is 7.11 Å². The van der Waals surface area contributed by atoms with Crippen LogP contribution in [0, 0.1) is 12.7 Å². The van der Waals surface area contributed by atoms with Crippen LogP contribution in [0.4, 0.5) is 4.39 Å². The van der Waals surface area contributed by atoms with E-state index in [1.54, 1.807) is 12.1 Å². The first-order valence-electron chi connectivity index (χ1n) is 6.35. The molecule has 5 heteroatoms. The van der Waals surface area contributed by atoms with Gasteiger partial charge in [0, 0.05) is 15.4 Å². The standard InChI is InChI=1S/C16H15Br2FO2/c1-10-5-13(18)7-12(8-17)16(10)21-9-11-3-4-15(20-2)14(19)6-11/h3-7H,8-9H2,1-2H3. The highest BCUT2D eigenvalue weighted by Gasteiger charge is 2.10. The van der Waals surface area contributed by atoms with Crippen molar-refractivity contribution in [3.8, 4) is 11.5 Å². The Balaban J connectivity index is 2.18. The SMILES string of the molecule is COc1ccc(COc2c(C)cc(Br)cc2CBr)cc1F. The Morgan fingerprint density at radius 3 is 2.57 bits per heavy atom. The molecule has 0 aliphatic carbocycles. The Morgan fingerprint density at radius 2 is 1.95 bits per heavy atom. The molecular formula is C16H15Br2FO2. The largest absolute Gasteiger partial charge is 0.494 e. The van der Waals surface area contributed by atoms with Crippen LogP contribution in [0.1, 0.15) is 16.7 Å². The molecule has 0 saturated heterocycles. The van der Waals surface area contributed by atoms with Crippen molar-refractivity contribution in [3.05, 3.63) is 57.3 Å². The lowest BCUT2D eigenvalue weighted by atomic mass is 10.1. The topological polar surface area (TPSA) is 18.5 Å². The summed E-state index contributed by atoms with van der Waals surface area (Å²) < 4.78 is 25.4. The third kappa shape index (κ3) is 3.98. The summed E-state index contributed by atoms with van der Waals surface area (Å²) in [6.07, 6.45) is 0. The molecule has 112 valence electrons. The summed E-state index contributed by atoms with van der Waals surface area (Å²) in [7, 11) is 1.45. The highest BCUT2D eigenvalue weighted by molar-refractivity contribution is 9.10. The second-order valence-electron chi connectivity index (χ2n) is 4.60. The van der Waals surface area contributed by atoms with Crippen molar-refractivity contribution in [1.82, 2.24) is 0 Å². The minimum Gasteiger partial charge on any atom is -0.494 e. The highest BCUT2D eigenvalue weighted by Crippen LogP contribution is 2.30. The Bertz CT molecular complexity index is 644. The molecule has 0 amide bonds. The van der Waals surface area contributed by atoms with Gasteiger partial charge in [-0.1, -0.05) is 37.9 Å². The minimum atomic E-state index is -0.383. The molecule has 21 heavy (non-hydrogen) atoms. The number of ether oxygens (including phenoxy) is 2. The van der Waals surface area contributed by atoms with Crippen LogP contribution in [0.15, 0.2) is 34.8 Å². The molecule has 2 nitrogen and oxygen atoms in total. The van der Waals surface area contributed by atoms with Crippen LogP contribution in [0.5, 0.6) is 11.5 Å². The van der Waals surface area contributed by atoms with Gasteiger partial charge in [0.25, 0.3) is 0 Å². The summed E-state index contributed by atoms with van der Waals surface area (Å²) in [6, 6.07) is 8.83. The average molecular weight is 418 g/mol. The fourth-order valence-electron chi connectivity index (χ4n) is 2.06. The molecule has 0 spiro atoms. The maximum atomic E-state index is 13.7. The molecule has 2 aromatic carbocycles. The summed E-state index contributed by atoms with van der Waals surface area (Å²) in [4.78, 5) is 0. The van der Waals surface area contributed by atoms with E-state index < -0.39 is 0 Å². The fraction of sp³-hybridized carbons (Fsp3) is 0.250. The van der Waals surface area contributed by atoms with E-state index in [4.69, 9.17) is 9.47 Å². The van der Waals surface area contributed by atoms with Crippen molar-refractivity contribution in [1.29, 1.82) is 0 Å². The predicted octanol–water partition coefficient (Wildman–Crippen LogP) is 5.38. The molecule has 0 fully saturated rings. The Morgan fingerprint density at radius 1 is 1.19 bits per heavy atom. The second-order valence-corrected chi connectivity index (χ2v) is 6.08. The summed E-state index contributed by atoms with van der Waals surface area (Å²) in [5.74, 6) is 0.679. The van der Waals surface area contributed by atoms with Crippen molar-refractivity contribution in [3.63, 3.8) is 0 Å². The zero-order chi connectivity index (χ0) is 15.4. The van der Waals surface area contributed by atoms with Gasteiger partial charge in [-0.15, -0.1) is 0 Å². The molecular weight excluding hydrogens is 403 g/mol. The van der Waals surface area contributed by atoms with Crippen LogP contribution in [-0.2, 0) is 11.9 Å². The number of rotatable bonds is 5. The molecule has 0 saturated carbocycles. The van der Waals surface area contributed by atoms with Gasteiger partial charge in [-0.3, -0.25) is 0 Å². The average Bonchev–Trinajstić information content (AvgIpc) is 2.45. The summed E-state index contributed by atoms with van der Waals surface area (Å²) in [6.45, 7) is 2.30. The van der Waals surface area contributed by atoms with Gasteiger partial charge in [0.2, 0.25) is 0 Å². The van der Waals surface area contributed by atoms with Crippen LogP contribution in [0.2, 0.25) is 0 Å². The first-order chi connectivity index (χ1) is 10.0. The van der Waals surface area contributed by atoms with Gasteiger partial charge < -0.3 is 9.47 Å². The lowest BCUT2D eigenvalue weighted by Gasteiger charge is -2.14. The number of hydrogen-bond donors (Lipinski definition) is 0. The molecule has 0 bridgehead atoms. The van der Waals surface area contributed by atoms with Crippen molar-refractivity contribution < 1.29 is 13.9 Å². The van der Waals surface area contributed by atoms with Crippen LogP contribution >= 0.6 is 31.9 Å². The molecule has 0 aromatic heterocycles. The molecule has 0 unspecified atom stereocenters. The van der Waals surface area contributed by atoms with Crippen molar-refractivity contribution >= 4 is 31.9 Å². The van der Waals surface area contributed by atoms with Gasteiger partial charge in [0.1, 0.15) is 12.4 Å². The number of alkyl halides is 1. The lowest BCUT2D eigenvalue weighted by molar-refractivity contribution is 0.300. The van der Waals surface area contributed by atoms with E-state index in [0.717, 1.165) is 26.9 Å². The first-order valence-corrected chi connectivity index (χ1v) is 8.26. The van der Waals surface area contributed by atoms with Crippen LogP contribution in [0.25, 0.3) is 0 Å².